The molecule has 1 amide bonds. The Bertz CT molecular complexity index is 1140. The first-order valence-electron chi connectivity index (χ1n) is 10.2. The molecule has 0 aliphatic heterocycles. The third-order valence-corrected chi connectivity index (χ3v) is 6.06. The quantitative estimate of drug-likeness (QED) is 0.268. The van der Waals surface area contributed by atoms with Gasteiger partial charge in [-0.1, -0.05) is 46.3 Å². The number of nitrogens with one attached hydrogen (secondary N) is 1. The molecule has 3 rings (SSSR count). The monoisotopic (exact) mass is 513 g/mol. The number of carbonyl (C=O) groups excluding carboxylic acids is 2. The van der Waals surface area contributed by atoms with Gasteiger partial charge in [0.25, 0.3) is 0 Å². The van der Waals surface area contributed by atoms with Crippen molar-refractivity contribution in [1.29, 1.82) is 0 Å². The topological polar surface area (TPSA) is 64.6 Å². The van der Waals surface area contributed by atoms with E-state index in [1.807, 2.05) is 62.4 Å². The lowest BCUT2D eigenvalue weighted by atomic mass is 10.0. The molecular weight excluding hydrogens is 490 g/mol. The highest BCUT2D eigenvalue weighted by atomic mass is 79.9. The van der Waals surface area contributed by atoms with Crippen LogP contribution >= 0.6 is 27.3 Å². The number of rotatable bonds is 8. The van der Waals surface area contributed by atoms with Gasteiger partial charge in [-0.15, -0.1) is 11.3 Å². The van der Waals surface area contributed by atoms with Crippen LogP contribution in [-0.4, -0.2) is 25.1 Å². The number of hydrogen-bond acceptors (Lipinski definition) is 5. The number of amides is 1. The fraction of sp³-hybridized carbons (Fsp3) is 0.200. The average Bonchev–Trinajstić information content (AvgIpc) is 3.10. The lowest BCUT2D eigenvalue weighted by Crippen LogP contribution is -2.12. The van der Waals surface area contributed by atoms with Crippen LogP contribution in [0.1, 0.15) is 34.6 Å². The van der Waals surface area contributed by atoms with E-state index in [-0.39, 0.29) is 12.5 Å². The number of hydrogen-bond donors (Lipinski definition) is 1. The second kappa shape index (κ2) is 11.1. The number of esters is 1. The molecule has 0 aliphatic carbocycles. The van der Waals surface area contributed by atoms with Gasteiger partial charge in [-0.25, -0.2) is 4.79 Å². The molecule has 5 nitrogen and oxygen atoms in total. The smallest absolute Gasteiger partial charge is 0.341 e. The second-order valence-electron chi connectivity index (χ2n) is 6.76. The van der Waals surface area contributed by atoms with Crippen LogP contribution in [0.4, 0.5) is 5.00 Å². The first kappa shape index (κ1) is 23.8. The van der Waals surface area contributed by atoms with E-state index < -0.39 is 5.97 Å². The molecule has 1 N–H and O–H groups in total. The molecule has 1 aromatic heterocycles. The molecule has 166 valence electrons. The van der Waals surface area contributed by atoms with E-state index in [9.17, 15) is 9.59 Å². The van der Waals surface area contributed by atoms with Crippen molar-refractivity contribution in [3.8, 4) is 16.9 Å². The zero-order valence-electron chi connectivity index (χ0n) is 18.1. The third kappa shape index (κ3) is 5.66. The zero-order chi connectivity index (χ0) is 23.1. The van der Waals surface area contributed by atoms with Gasteiger partial charge in [0, 0.05) is 26.6 Å². The molecule has 0 aliphatic rings. The van der Waals surface area contributed by atoms with Crippen LogP contribution in [0.15, 0.2) is 59.1 Å². The number of aryl methyl sites for hydroxylation is 1. The molecule has 0 saturated carbocycles. The first-order valence-corrected chi connectivity index (χ1v) is 11.8. The Morgan fingerprint density at radius 1 is 1.09 bits per heavy atom. The minimum atomic E-state index is -0.458. The number of benzene rings is 2. The van der Waals surface area contributed by atoms with E-state index >= 15 is 0 Å². The summed E-state index contributed by atoms with van der Waals surface area (Å²) < 4.78 is 11.8. The van der Waals surface area contributed by atoms with E-state index in [2.05, 4.69) is 21.2 Å². The van der Waals surface area contributed by atoms with E-state index in [0.717, 1.165) is 26.0 Å². The molecule has 0 fully saturated rings. The van der Waals surface area contributed by atoms with Gasteiger partial charge in [-0.3, -0.25) is 4.79 Å². The van der Waals surface area contributed by atoms with Gasteiger partial charge in [-0.2, -0.15) is 0 Å². The Labute approximate surface area is 200 Å². The molecule has 3 aromatic rings. The summed E-state index contributed by atoms with van der Waals surface area (Å²) in [5.74, 6) is -0.121. The molecule has 0 bridgehead atoms. The number of ether oxygens (including phenoxy) is 2. The molecular formula is C25H24BrNO4S. The van der Waals surface area contributed by atoms with Crippen LogP contribution in [0.2, 0.25) is 0 Å². The lowest BCUT2D eigenvalue weighted by molar-refractivity contribution is -0.111. The van der Waals surface area contributed by atoms with Crippen molar-refractivity contribution < 1.29 is 19.1 Å². The molecule has 0 unspecified atom stereocenters. The summed E-state index contributed by atoms with van der Waals surface area (Å²) in [6.45, 7) is 6.36. The van der Waals surface area contributed by atoms with E-state index in [1.54, 1.807) is 13.0 Å². The molecule has 0 radical (unpaired) electrons. The summed E-state index contributed by atoms with van der Waals surface area (Å²) in [5.41, 5.74) is 2.82. The Hall–Kier alpha value is -2.90. The molecule has 1 heterocycles. The van der Waals surface area contributed by atoms with Gasteiger partial charge in [-0.05, 0) is 50.6 Å². The first-order chi connectivity index (χ1) is 15.4. The predicted molar refractivity (Wildman–Crippen MR) is 133 cm³/mol. The molecule has 7 heteroatoms. The lowest BCUT2D eigenvalue weighted by Gasteiger charge is -2.09. The number of thiophene rings is 1. The second-order valence-corrected chi connectivity index (χ2v) is 8.90. The summed E-state index contributed by atoms with van der Waals surface area (Å²) in [6, 6.07) is 15.2. The molecule has 0 saturated heterocycles. The summed E-state index contributed by atoms with van der Waals surface area (Å²) in [5, 5.41) is 3.32. The summed E-state index contributed by atoms with van der Waals surface area (Å²) in [6.07, 6.45) is 3.12. The van der Waals surface area contributed by atoms with E-state index in [1.165, 1.54) is 17.4 Å². The Morgan fingerprint density at radius 2 is 1.84 bits per heavy atom. The summed E-state index contributed by atoms with van der Waals surface area (Å²) in [7, 11) is 0. The van der Waals surface area contributed by atoms with Crippen molar-refractivity contribution >= 4 is 50.2 Å². The Morgan fingerprint density at radius 3 is 2.53 bits per heavy atom. The van der Waals surface area contributed by atoms with Crippen molar-refractivity contribution in [3.05, 3.63) is 75.1 Å². The Balaban J connectivity index is 1.92. The van der Waals surface area contributed by atoms with Crippen LogP contribution in [0.25, 0.3) is 17.2 Å². The van der Waals surface area contributed by atoms with E-state index in [0.29, 0.717) is 22.9 Å². The normalized spacial score (nSPS) is 10.9. The van der Waals surface area contributed by atoms with Crippen molar-refractivity contribution in [2.24, 2.45) is 0 Å². The van der Waals surface area contributed by atoms with Crippen molar-refractivity contribution in [3.63, 3.8) is 0 Å². The maximum absolute atomic E-state index is 12.8. The van der Waals surface area contributed by atoms with Crippen LogP contribution in [0.3, 0.4) is 0 Å². The minimum absolute atomic E-state index is 0.248. The summed E-state index contributed by atoms with van der Waals surface area (Å²) in [4.78, 5) is 26.4. The molecule has 0 spiro atoms. The van der Waals surface area contributed by atoms with Gasteiger partial charge < -0.3 is 14.8 Å². The minimum Gasteiger partial charge on any atom is -0.493 e. The maximum Gasteiger partial charge on any atom is 0.341 e. The average molecular weight is 514 g/mol. The molecule has 0 atom stereocenters. The number of halogens is 1. The van der Waals surface area contributed by atoms with Crippen LogP contribution < -0.4 is 10.1 Å². The van der Waals surface area contributed by atoms with E-state index in [4.69, 9.17) is 9.47 Å². The summed E-state index contributed by atoms with van der Waals surface area (Å²) >= 11 is 4.80. The van der Waals surface area contributed by atoms with Crippen LogP contribution in [0.5, 0.6) is 5.75 Å². The van der Waals surface area contributed by atoms with Gasteiger partial charge in [0.05, 0.1) is 13.2 Å². The maximum atomic E-state index is 12.8. The molecule has 32 heavy (non-hydrogen) atoms. The number of carbonyl (C=O) groups is 2. The van der Waals surface area contributed by atoms with Gasteiger partial charge in [0.15, 0.2) is 0 Å². The van der Waals surface area contributed by atoms with Crippen molar-refractivity contribution in [1.82, 2.24) is 0 Å². The van der Waals surface area contributed by atoms with Crippen molar-refractivity contribution in [2.45, 2.75) is 20.8 Å². The van der Waals surface area contributed by atoms with Gasteiger partial charge in [0.2, 0.25) is 5.91 Å². The highest BCUT2D eigenvalue weighted by Crippen LogP contribution is 2.40. The molecule has 2 aromatic carbocycles. The fourth-order valence-corrected chi connectivity index (χ4v) is 4.68. The Kier molecular flexibility index (Phi) is 8.25. The standard InChI is InChI=1S/C25H24BrNO4S/c1-4-30-20-13-12-19(26)15-18(20)11-14-21(28)27-24-23(25(29)31-5-2)22(16(3)32-24)17-9-7-6-8-10-17/h6-15H,4-5H2,1-3H3,(H,27,28). The van der Waals surface area contributed by atoms with Crippen molar-refractivity contribution in [2.75, 3.05) is 18.5 Å². The fourth-order valence-electron chi connectivity index (χ4n) is 3.24. The number of anilines is 1. The zero-order valence-corrected chi connectivity index (χ0v) is 20.5. The van der Waals surface area contributed by atoms with Crippen LogP contribution in [-0.2, 0) is 9.53 Å². The largest absolute Gasteiger partial charge is 0.493 e. The highest BCUT2D eigenvalue weighted by Gasteiger charge is 2.25. The highest BCUT2D eigenvalue weighted by molar-refractivity contribution is 9.10. The van der Waals surface area contributed by atoms with Gasteiger partial charge in [0.1, 0.15) is 16.3 Å². The predicted octanol–water partition coefficient (Wildman–Crippen LogP) is 6.71. The van der Waals surface area contributed by atoms with Crippen LogP contribution in [0, 0.1) is 6.92 Å². The third-order valence-electron chi connectivity index (χ3n) is 4.55. The van der Waals surface area contributed by atoms with Gasteiger partial charge >= 0.3 is 5.97 Å². The SMILES string of the molecule is CCOC(=O)c1c(NC(=O)C=Cc2cc(Br)ccc2OCC)sc(C)c1-c1ccccc1.